The van der Waals surface area contributed by atoms with E-state index in [2.05, 4.69) is 25.0 Å². The van der Waals surface area contributed by atoms with Crippen LogP contribution in [0.2, 0.25) is 0 Å². The van der Waals surface area contributed by atoms with E-state index in [0.717, 1.165) is 10.5 Å². The first kappa shape index (κ1) is 15.1. The number of aryl methyl sites for hydroxylation is 1. The molecule has 0 radical (unpaired) electrons. The fraction of sp³-hybridized carbons (Fsp3) is 0.286. The van der Waals surface area contributed by atoms with Crippen molar-refractivity contribution in [2.24, 2.45) is 0 Å². The summed E-state index contributed by atoms with van der Waals surface area (Å²) in [6.45, 7) is 2.16. The lowest BCUT2D eigenvalue weighted by Gasteiger charge is -2.17. The first-order chi connectivity index (χ1) is 11.0. The summed E-state index contributed by atoms with van der Waals surface area (Å²) in [5.74, 6) is 1.65. The van der Waals surface area contributed by atoms with Crippen LogP contribution < -0.4 is 4.90 Å². The van der Waals surface area contributed by atoms with Crippen molar-refractivity contribution in [3.63, 3.8) is 0 Å². The van der Waals surface area contributed by atoms with Crippen LogP contribution in [0.3, 0.4) is 0 Å². The lowest BCUT2D eigenvalue weighted by Crippen LogP contribution is -2.19. The van der Waals surface area contributed by atoms with Crippen molar-refractivity contribution in [1.82, 2.24) is 29.7 Å². The molecular formula is C14H15F2N7. The van der Waals surface area contributed by atoms with Crippen LogP contribution in [0, 0.1) is 6.92 Å². The monoisotopic (exact) mass is 319 g/mol. The molecule has 3 aromatic heterocycles. The predicted octanol–water partition coefficient (Wildman–Crippen LogP) is 2.27. The summed E-state index contributed by atoms with van der Waals surface area (Å²) in [7, 11) is 1.83. The first-order valence-corrected chi connectivity index (χ1v) is 6.91. The maximum atomic E-state index is 13.1. The number of hydrogen-bond donors (Lipinski definition) is 1. The zero-order valence-corrected chi connectivity index (χ0v) is 12.6. The summed E-state index contributed by atoms with van der Waals surface area (Å²) in [6, 6.07) is 2.96. The van der Waals surface area contributed by atoms with Gasteiger partial charge in [0.25, 0.3) is 6.43 Å². The number of aromatic amines is 1. The van der Waals surface area contributed by atoms with Gasteiger partial charge in [0.1, 0.15) is 23.7 Å². The van der Waals surface area contributed by atoms with Gasteiger partial charge in [0.2, 0.25) is 0 Å². The van der Waals surface area contributed by atoms with Crippen molar-refractivity contribution in [2.75, 3.05) is 11.9 Å². The third-order valence-electron chi connectivity index (χ3n) is 3.27. The number of aromatic nitrogens is 6. The largest absolute Gasteiger partial charge is 0.352 e. The molecule has 7 nitrogen and oxygen atoms in total. The number of hydrogen-bond acceptors (Lipinski definition) is 5. The van der Waals surface area contributed by atoms with Crippen molar-refractivity contribution >= 4 is 5.82 Å². The highest BCUT2D eigenvalue weighted by molar-refractivity contribution is 5.43. The van der Waals surface area contributed by atoms with Crippen LogP contribution in [0.4, 0.5) is 14.6 Å². The fourth-order valence-corrected chi connectivity index (χ4v) is 2.21. The Balaban J connectivity index is 1.91. The van der Waals surface area contributed by atoms with Gasteiger partial charge in [-0.05, 0) is 13.0 Å². The fourth-order valence-electron chi connectivity index (χ4n) is 2.21. The van der Waals surface area contributed by atoms with Crippen LogP contribution in [0.15, 0.2) is 30.9 Å². The lowest BCUT2D eigenvalue weighted by atomic mass is 10.4. The van der Waals surface area contributed by atoms with E-state index in [1.54, 1.807) is 25.4 Å². The number of halogens is 2. The van der Waals surface area contributed by atoms with E-state index in [4.69, 9.17) is 0 Å². The van der Waals surface area contributed by atoms with Gasteiger partial charge in [-0.25, -0.2) is 28.4 Å². The van der Waals surface area contributed by atoms with E-state index in [0.29, 0.717) is 23.9 Å². The summed E-state index contributed by atoms with van der Waals surface area (Å²) in [5.41, 5.74) is 0.310. The summed E-state index contributed by atoms with van der Waals surface area (Å²) >= 11 is 0. The normalized spacial score (nSPS) is 11.2. The Morgan fingerprint density at radius 1 is 1.26 bits per heavy atom. The third kappa shape index (κ3) is 3.17. The van der Waals surface area contributed by atoms with Crippen LogP contribution in [-0.2, 0) is 6.54 Å². The molecular weight excluding hydrogens is 304 g/mol. The van der Waals surface area contributed by atoms with E-state index in [9.17, 15) is 8.78 Å². The number of imidazole rings is 1. The quantitative estimate of drug-likeness (QED) is 0.781. The van der Waals surface area contributed by atoms with Crippen molar-refractivity contribution in [3.8, 4) is 5.82 Å². The van der Waals surface area contributed by atoms with Gasteiger partial charge in [-0.1, -0.05) is 0 Å². The molecule has 0 saturated carbocycles. The molecule has 0 aliphatic carbocycles. The highest BCUT2D eigenvalue weighted by atomic mass is 19.3. The highest BCUT2D eigenvalue weighted by Crippen LogP contribution is 2.23. The van der Waals surface area contributed by atoms with Gasteiger partial charge in [0.05, 0.1) is 12.2 Å². The Morgan fingerprint density at radius 3 is 2.78 bits per heavy atom. The Labute approximate surface area is 131 Å². The van der Waals surface area contributed by atoms with E-state index >= 15 is 0 Å². The molecule has 3 aromatic rings. The number of anilines is 1. The maximum Gasteiger partial charge on any atom is 0.280 e. The van der Waals surface area contributed by atoms with E-state index in [1.807, 2.05) is 11.9 Å². The lowest BCUT2D eigenvalue weighted by molar-refractivity contribution is 0.142. The summed E-state index contributed by atoms with van der Waals surface area (Å²) in [5, 5.41) is 4.09. The molecule has 0 bridgehead atoms. The Hall–Kier alpha value is -2.84. The predicted molar refractivity (Wildman–Crippen MR) is 79.5 cm³/mol. The Kier molecular flexibility index (Phi) is 4.00. The van der Waals surface area contributed by atoms with Crippen LogP contribution in [0.25, 0.3) is 5.82 Å². The van der Waals surface area contributed by atoms with Crippen LogP contribution in [-0.4, -0.2) is 36.8 Å². The smallest absolute Gasteiger partial charge is 0.280 e. The molecule has 9 heteroatoms. The van der Waals surface area contributed by atoms with Crippen molar-refractivity contribution in [2.45, 2.75) is 19.9 Å². The second-order valence-corrected chi connectivity index (χ2v) is 5.05. The Morgan fingerprint density at radius 2 is 2.09 bits per heavy atom. The maximum absolute atomic E-state index is 13.1. The minimum Gasteiger partial charge on any atom is -0.352 e. The average molecular weight is 319 g/mol. The zero-order valence-electron chi connectivity index (χ0n) is 12.6. The molecule has 1 N–H and O–H groups in total. The first-order valence-electron chi connectivity index (χ1n) is 6.91. The molecule has 0 aromatic carbocycles. The summed E-state index contributed by atoms with van der Waals surface area (Å²) < 4.78 is 27.4. The molecule has 0 spiro atoms. The van der Waals surface area contributed by atoms with Gasteiger partial charge >= 0.3 is 0 Å². The molecule has 0 saturated heterocycles. The number of nitrogens with one attached hydrogen (secondary N) is 1. The minimum atomic E-state index is -2.63. The third-order valence-corrected chi connectivity index (χ3v) is 3.27. The molecule has 0 fully saturated rings. The topological polar surface area (TPSA) is 75.5 Å². The number of alkyl halides is 2. The van der Waals surface area contributed by atoms with Gasteiger partial charge in [0, 0.05) is 25.5 Å². The molecule has 0 amide bonds. The minimum absolute atomic E-state index is 0.194. The molecule has 0 unspecified atom stereocenters. The van der Waals surface area contributed by atoms with Gasteiger partial charge in [0.15, 0.2) is 5.82 Å². The number of H-pyrrole nitrogens is 1. The van der Waals surface area contributed by atoms with E-state index in [1.165, 1.54) is 12.4 Å². The summed E-state index contributed by atoms with van der Waals surface area (Å²) in [4.78, 5) is 17.2. The van der Waals surface area contributed by atoms with Gasteiger partial charge in [-0.3, -0.25) is 0 Å². The molecule has 3 heterocycles. The molecule has 0 atom stereocenters. The molecule has 23 heavy (non-hydrogen) atoms. The second kappa shape index (κ2) is 6.11. The van der Waals surface area contributed by atoms with Gasteiger partial charge in [-0.15, -0.1) is 0 Å². The van der Waals surface area contributed by atoms with E-state index in [-0.39, 0.29) is 5.69 Å². The highest BCUT2D eigenvalue weighted by Gasteiger charge is 2.18. The van der Waals surface area contributed by atoms with Crippen LogP contribution in [0.5, 0.6) is 0 Å². The number of rotatable bonds is 5. The van der Waals surface area contributed by atoms with Crippen molar-refractivity contribution in [1.29, 1.82) is 0 Å². The standard InChI is InChI=1S/C14H15F2N7/c1-9-5-10(14(15)16)23(21-9)13-6-12(19-8-20-13)22(2)7-11-17-3-4-18-11/h3-6,8,14H,7H2,1-2H3,(H,17,18). The van der Waals surface area contributed by atoms with Gasteiger partial charge < -0.3 is 9.88 Å². The van der Waals surface area contributed by atoms with E-state index < -0.39 is 6.43 Å². The van der Waals surface area contributed by atoms with Crippen LogP contribution in [0.1, 0.15) is 23.6 Å². The van der Waals surface area contributed by atoms with Crippen molar-refractivity contribution in [3.05, 3.63) is 48.1 Å². The number of nitrogens with zero attached hydrogens (tertiary/aromatic N) is 6. The van der Waals surface area contributed by atoms with Crippen LogP contribution >= 0.6 is 0 Å². The SMILES string of the molecule is Cc1cc(C(F)F)n(-c2cc(N(C)Cc3ncc[nH]3)ncn2)n1. The van der Waals surface area contributed by atoms with Crippen molar-refractivity contribution < 1.29 is 8.78 Å². The molecule has 0 aliphatic rings. The molecule has 3 rings (SSSR count). The average Bonchev–Trinajstić information content (AvgIpc) is 3.16. The second-order valence-electron chi connectivity index (χ2n) is 5.05. The Bertz CT molecular complexity index is 782. The van der Waals surface area contributed by atoms with Gasteiger partial charge in [-0.2, -0.15) is 5.10 Å². The summed E-state index contributed by atoms with van der Waals surface area (Å²) in [6.07, 6.45) is 2.09. The molecule has 120 valence electrons. The zero-order chi connectivity index (χ0) is 16.4. The molecule has 0 aliphatic heterocycles.